The average Bonchev–Trinajstić information content (AvgIpc) is 2.80. The summed E-state index contributed by atoms with van der Waals surface area (Å²) in [7, 11) is 0. The second kappa shape index (κ2) is 9.43. The molecule has 1 aliphatic carbocycles. The zero-order chi connectivity index (χ0) is 10.5. The number of nitrogens with zero attached hydrogens (tertiary/aromatic N) is 1. The average molecular weight is 283 g/mol. The Bertz CT molecular complexity index is 178. The third-order valence-corrected chi connectivity index (χ3v) is 4.11. The number of halogens is 2. The summed E-state index contributed by atoms with van der Waals surface area (Å²) in [6.45, 7) is 6.10. The fraction of sp³-hybridized carbons (Fsp3) is 1.00. The Morgan fingerprint density at radius 2 is 1.71 bits per heavy atom. The van der Waals surface area contributed by atoms with Gasteiger partial charge in [0.15, 0.2) is 0 Å². The van der Waals surface area contributed by atoms with E-state index < -0.39 is 0 Å². The second-order valence-corrected chi connectivity index (χ2v) is 5.17. The van der Waals surface area contributed by atoms with E-state index >= 15 is 0 Å². The molecule has 1 N–H and O–H groups in total. The van der Waals surface area contributed by atoms with Crippen LogP contribution in [0.5, 0.6) is 0 Å². The Labute approximate surface area is 119 Å². The lowest BCUT2D eigenvalue weighted by Crippen LogP contribution is -2.44. The third kappa shape index (κ3) is 5.34. The van der Waals surface area contributed by atoms with Gasteiger partial charge in [0.05, 0.1) is 0 Å². The number of hydrogen-bond donors (Lipinski definition) is 1. The van der Waals surface area contributed by atoms with Crippen molar-refractivity contribution in [3.8, 4) is 0 Å². The van der Waals surface area contributed by atoms with Gasteiger partial charge in [-0.25, -0.2) is 0 Å². The molecule has 1 heterocycles. The molecule has 0 aromatic heterocycles. The van der Waals surface area contributed by atoms with Crippen LogP contribution in [0, 0.1) is 0 Å². The molecule has 17 heavy (non-hydrogen) atoms. The minimum absolute atomic E-state index is 0. The summed E-state index contributed by atoms with van der Waals surface area (Å²) in [5.74, 6) is 0. The molecule has 2 nitrogen and oxygen atoms in total. The summed E-state index contributed by atoms with van der Waals surface area (Å²) >= 11 is 0. The first kappa shape index (κ1) is 17.5. The van der Waals surface area contributed by atoms with Gasteiger partial charge in [0.1, 0.15) is 0 Å². The van der Waals surface area contributed by atoms with Gasteiger partial charge in [-0.2, -0.15) is 0 Å². The lowest BCUT2D eigenvalue weighted by atomic mass is 9.94. The minimum atomic E-state index is 0. The van der Waals surface area contributed by atoms with E-state index in [9.17, 15) is 0 Å². The summed E-state index contributed by atoms with van der Waals surface area (Å²) < 4.78 is 0. The summed E-state index contributed by atoms with van der Waals surface area (Å²) in [5, 5.41) is 3.62. The maximum Gasteiger partial charge on any atom is 0.0195 e. The van der Waals surface area contributed by atoms with Crippen LogP contribution < -0.4 is 5.32 Å². The minimum Gasteiger partial charge on any atom is -0.313 e. The molecule has 0 bridgehead atoms. The zero-order valence-electron chi connectivity index (χ0n) is 11.0. The van der Waals surface area contributed by atoms with Crippen LogP contribution >= 0.6 is 24.8 Å². The van der Waals surface area contributed by atoms with Crippen molar-refractivity contribution in [3.63, 3.8) is 0 Å². The van der Waals surface area contributed by atoms with E-state index in [4.69, 9.17) is 0 Å². The molecular weight excluding hydrogens is 255 g/mol. The molecule has 1 atom stereocenters. The largest absolute Gasteiger partial charge is 0.313 e. The Morgan fingerprint density at radius 1 is 1.00 bits per heavy atom. The van der Waals surface area contributed by atoms with Crippen LogP contribution in [-0.2, 0) is 0 Å². The van der Waals surface area contributed by atoms with Gasteiger partial charge in [-0.15, -0.1) is 24.8 Å². The lowest BCUT2D eigenvalue weighted by molar-refractivity contribution is 0.151. The molecule has 0 radical (unpaired) electrons. The SMILES string of the molecule is CCN(CC1CCCN1)C1CCCCC1.Cl.Cl. The van der Waals surface area contributed by atoms with Crippen LogP contribution in [0.2, 0.25) is 0 Å². The van der Waals surface area contributed by atoms with Crippen LogP contribution in [0.4, 0.5) is 0 Å². The number of likely N-dealkylation sites (N-methyl/N-ethyl adjacent to an activating group) is 1. The van der Waals surface area contributed by atoms with Gasteiger partial charge in [-0.3, -0.25) is 4.90 Å². The van der Waals surface area contributed by atoms with Crippen LogP contribution in [0.15, 0.2) is 0 Å². The van der Waals surface area contributed by atoms with Crippen LogP contribution in [0.25, 0.3) is 0 Å². The van der Waals surface area contributed by atoms with Crippen molar-refractivity contribution in [1.29, 1.82) is 0 Å². The normalized spacial score (nSPS) is 25.4. The van der Waals surface area contributed by atoms with Gasteiger partial charge in [0.2, 0.25) is 0 Å². The molecule has 0 aromatic rings. The molecule has 1 saturated carbocycles. The number of rotatable bonds is 4. The van der Waals surface area contributed by atoms with Crippen molar-refractivity contribution in [2.45, 2.75) is 64.0 Å². The molecule has 1 unspecified atom stereocenters. The highest BCUT2D eigenvalue weighted by Gasteiger charge is 2.23. The second-order valence-electron chi connectivity index (χ2n) is 5.17. The molecule has 0 amide bonds. The summed E-state index contributed by atoms with van der Waals surface area (Å²) in [4.78, 5) is 2.72. The Morgan fingerprint density at radius 3 is 2.24 bits per heavy atom. The topological polar surface area (TPSA) is 15.3 Å². The van der Waals surface area contributed by atoms with Crippen LogP contribution in [-0.4, -0.2) is 36.6 Å². The predicted molar refractivity (Wildman–Crippen MR) is 79.6 cm³/mol. The molecule has 2 aliphatic rings. The van der Waals surface area contributed by atoms with Crippen molar-refractivity contribution in [1.82, 2.24) is 10.2 Å². The molecule has 0 aromatic carbocycles. The fourth-order valence-electron chi connectivity index (χ4n) is 3.18. The van der Waals surface area contributed by atoms with E-state index in [1.807, 2.05) is 0 Å². The first-order valence-electron chi connectivity index (χ1n) is 6.87. The molecule has 1 aliphatic heterocycles. The highest BCUT2D eigenvalue weighted by molar-refractivity contribution is 5.85. The van der Waals surface area contributed by atoms with Crippen LogP contribution in [0.3, 0.4) is 0 Å². The first-order chi connectivity index (χ1) is 7.40. The van der Waals surface area contributed by atoms with E-state index in [1.54, 1.807) is 0 Å². The fourth-order valence-corrected chi connectivity index (χ4v) is 3.18. The third-order valence-electron chi connectivity index (χ3n) is 4.11. The highest BCUT2D eigenvalue weighted by Crippen LogP contribution is 2.23. The van der Waals surface area contributed by atoms with Crippen molar-refractivity contribution in [3.05, 3.63) is 0 Å². The predicted octanol–water partition coefficient (Wildman–Crippen LogP) is 3.24. The van der Waals surface area contributed by atoms with Crippen molar-refractivity contribution in [2.24, 2.45) is 0 Å². The molecule has 2 rings (SSSR count). The summed E-state index contributed by atoms with van der Waals surface area (Å²) in [6, 6.07) is 1.68. The highest BCUT2D eigenvalue weighted by atomic mass is 35.5. The molecule has 0 spiro atoms. The summed E-state index contributed by atoms with van der Waals surface area (Å²) in [5.41, 5.74) is 0. The van der Waals surface area contributed by atoms with Gasteiger partial charge < -0.3 is 5.32 Å². The van der Waals surface area contributed by atoms with Gasteiger partial charge in [0.25, 0.3) is 0 Å². The quantitative estimate of drug-likeness (QED) is 0.852. The maximum absolute atomic E-state index is 3.62. The Kier molecular flexibility index (Phi) is 9.71. The zero-order valence-corrected chi connectivity index (χ0v) is 12.6. The number of hydrogen-bond acceptors (Lipinski definition) is 2. The first-order valence-corrected chi connectivity index (χ1v) is 6.87. The standard InChI is InChI=1S/C13H26N2.2ClH/c1-2-15(11-12-7-6-10-14-12)13-8-4-3-5-9-13;;/h12-14H,2-11H2,1H3;2*1H. The van der Waals surface area contributed by atoms with E-state index in [-0.39, 0.29) is 24.8 Å². The number of nitrogens with one attached hydrogen (secondary N) is 1. The molecule has 2 fully saturated rings. The van der Waals surface area contributed by atoms with E-state index in [2.05, 4.69) is 17.1 Å². The van der Waals surface area contributed by atoms with Gasteiger partial charge in [-0.05, 0) is 38.8 Å². The Hall–Kier alpha value is 0.500. The van der Waals surface area contributed by atoms with Gasteiger partial charge in [-0.1, -0.05) is 26.2 Å². The summed E-state index contributed by atoms with van der Waals surface area (Å²) in [6.07, 6.45) is 10.0. The maximum atomic E-state index is 3.62. The molecular formula is C13H28Cl2N2. The molecule has 104 valence electrons. The molecule has 4 heteroatoms. The van der Waals surface area contributed by atoms with Crippen molar-refractivity contribution >= 4 is 24.8 Å². The van der Waals surface area contributed by atoms with Crippen molar-refractivity contribution < 1.29 is 0 Å². The van der Waals surface area contributed by atoms with Gasteiger partial charge >= 0.3 is 0 Å². The van der Waals surface area contributed by atoms with E-state index in [0.717, 1.165) is 12.1 Å². The smallest absolute Gasteiger partial charge is 0.0195 e. The lowest BCUT2D eigenvalue weighted by Gasteiger charge is -2.35. The Balaban J connectivity index is 0.00000128. The monoisotopic (exact) mass is 282 g/mol. The van der Waals surface area contributed by atoms with Crippen molar-refractivity contribution in [2.75, 3.05) is 19.6 Å². The van der Waals surface area contributed by atoms with E-state index in [0.29, 0.717) is 0 Å². The van der Waals surface area contributed by atoms with Crippen LogP contribution in [0.1, 0.15) is 51.9 Å². The van der Waals surface area contributed by atoms with Gasteiger partial charge in [0, 0.05) is 18.6 Å². The van der Waals surface area contributed by atoms with E-state index in [1.165, 1.54) is 64.6 Å². The molecule has 1 saturated heterocycles.